The Hall–Kier alpha value is -3.59. The second-order valence-electron chi connectivity index (χ2n) is 10.3. The third kappa shape index (κ3) is 8.45. The number of hydrogen-bond donors (Lipinski definition) is 3. The van der Waals surface area contributed by atoms with Crippen molar-refractivity contribution < 1.29 is 33.7 Å². The summed E-state index contributed by atoms with van der Waals surface area (Å²) in [7, 11) is 0. The zero-order valence-electron chi connectivity index (χ0n) is 22.4. The SMILES string of the molecule is Cc1cc(O[C@H]2CC[C@@H](C(=O)O)CC2)ccc1C(=O)NCCNC(=O)c1ccc(OCC2CCOCC2)cc1. The molecule has 1 saturated carbocycles. The minimum Gasteiger partial charge on any atom is -0.493 e. The Labute approximate surface area is 229 Å². The highest BCUT2D eigenvalue weighted by Crippen LogP contribution is 2.28. The average Bonchev–Trinajstić information content (AvgIpc) is 2.95. The molecule has 3 N–H and O–H groups in total. The van der Waals surface area contributed by atoms with E-state index < -0.39 is 5.97 Å². The van der Waals surface area contributed by atoms with Crippen molar-refractivity contribution in [3.63, 3.8) is 0 Å². The molecular weight excluding hydrogens is 500 g/mol. The number of benzene rings is 2. The summed E-state index contributed by atoms with van der Waals surface area (Å²) in [6, 6.07) is 12.4. The largest absolute Gasteiger partial charge is 0.493 e. The maximum Gasteiger partial charge on any atom is 0.306 e. The van der Waals surface area contributed by atoms with Crippen LogP contribution < -0.4 is 20.1 Å². The van der Waals surface area contributed by atoms with Crippen molar-refractivity contribution in [2.45, 2.75) is 51.6 Å². The first-order valence-corrected chi connectivity index (χ1v) is 13.8. The molecule has 4 rings (SSSR count). The van der Waals surface area contributed by atoms with Crippen molar-refractivity contribution in [3.8, 4) is 11.5 Å². The number of carbonyl (C=O) groups excluding carboxylic acids is 2. The van der Waals surface area contributed by atoms with Crippen LogP contribution in [0.4, 0.5) is 0 Å². The molecule has 0 unspecified atom stereocenters. The molecule has 1 aliphatic carbocycles. The number of aliphatic carboxylic acids is 1. The number of aryl methyl sites for hydroxylation is 1. The molecule has 2 aromatic rings. The van der Waals surface area contributed by atoms with Gasteiger partial charge in [0, 0.05) is 37.4 Å². The van der Waals surface area contributed by atoms with E-state index in [0.717, 1.165) is 37.4 Å². The number of ether oxygens (including phenoxy) is 3. The highest BCUT2D eigenvalue weighted by Gasteiger charge is 2.27. The van der Waals surface area contributed by atoms with Gasteiger partial charge in [0.15, 0.2) is 0 Å². The molecule has 2 aromatic carbocycles. The molecule has 0 radical (unpaired) electrons. The molecule has 0 atom stereocenters. The topological polar surface area (TPSA) is 123 Å². The Balaban J connectivity index is 1.15. The molecule has 2 amide bonds. The van der Waals surface area contributed by atoms with Crippen LogP contribution in [0.25, 0.3) is 0 Å². The van der Waals surface area contributed by atoms with Crippen molar-refractivity contribution in [1.29, 1.82) is 0 Å². The van der Waals surface area contributed by atoms with Gasteiger partial charge in [0.1, 0.15) is 11.5 Å². The summed E-state index contributed by atoms with van der Waals surface area (Å²) in [6.45, 7) is 4.66. The lowest BCUT2D eigenvalue weighted by atomic mass is 9.87. The predicted molar refractivity (Wildman–Crippen MR) is 145 cm³/mol. The molecule has 2 aliphatic rings. The van der Waals surface area contributed by atoms with Crippen molar-refractivity contribution in [2.75, 3.05) is 32.9 Å². The number of carbonyl (C=O) groups is 3. The van der Waals surface area contributed by atoms with Gasteiger partial charge in [-0.15, -0.1) is 0 Å². The van der Waals surface area contributed by atoms with E-state index in [-0.39, 0.29) is 23.8 Å². The first kappa shape index (κ1) is 28.4. The van der Waals surface area contributed by atoms with Crippen LogP contribution in [0, 0.1) is 18.8 Å². The fraction of sp³-hybridized carbons (Fsp3) is 0.500. The first-order chi connectivity index (χ1) is 18.9. The monoisotopic (exact) mass is 538 g/mol. The number of rotatable bonds is 11. The van der Waals surface area contributed by atoms with Gasteiger partial charge in [-0.2, -0.15) is 0 Å². The standard InChI is InChI=1S/C30H38N2O7/c1-20-18-26(39-25-8-4-23(5-9-25)30(35)36)10-11-27(20)29(34)32-15-14-31-28(33)22-2-6-24(7-3-22)38-19-21-12-16-37-17-13-21/h2-3,6-7,10-11,18,21,23,25H,4-5,8-9,12-17,19H2,1H3,(H,31,33)(H,32,34)(H,35,36)/t23-,25+. The molecule has 1 aliphatic heterocycles. The molecule has 0 spiro atoms. The van der Waals surface area contributed by atoms with Gasteiger partial charge in [0.25, 0.3) is 11.8 Å². The van der Waals surface area contributed by atoms with E-state index in [0.29, 0.717) is 68.2 Å². The third-order valence-corrected chi connectivity index (χ3v) is 7.41. The van der Waals surface area contributed by atoms with Gasteiger partial charge in [0.2, 0.25) is 0 Å². The molecule has 0 aromatic heterocycles. The van der Waals surface area contributed by atoms with Gasteiger partial charge >= 0.3 is 5.97 Å². The summed E-state index contributed by atoms with van der Waals surface area (Å²) < 4.78 is 17.3. The van der Waals surface area contributed by atoms with Gasteiger partial charge in [-0.1, -0.05) is 0 Å². The van der Waals surface area contributed by atoms with Gasteiger partial charge in [-0.3, -0.25) is 14.4 Å². The van der Waals surface area contributed by atoms with E-state index in [1.54, 1.807) is 36.4 Å². The van der Waals surface area contributed by atoms with Crippen molar-refractivity contribution >= 4 is 17.8 Å². The molecule has 9 heteroatoms. The highest BCUT2D eigenvalue weighted by atomic mass is 16.5. The van der Waals surface area contributed by atoms with Crippen molar-refractivity contribution in [2.24, 2.45) is 11.8 Å². The average molecular weight is 539 g/mol. The zero-order valence-corrected chi connectivity index (χ0v) is 22.4. The highest BCUT2D eigenvalue weighted by molar-refractivity contribution is 5.96. The molecule has 210 valence electrons. The quantitative estimate of drug-likeness (QED) is 0.370. The number of amides is 2. The molecule has 0 bridgehead atoms. The number of carboxylic acid groups (broad SMARTS) is 1. The molecule has 1 saturated heterocycles. The summed E-state index contributed by atoms with van der Waals surface area (Å²) in [5.74, 6) is 0.466. The van der Waals surface area contributed by atoms with Crippen LogP contribution in [0.3, 0.4) is 0 Å². The van der Waals surface area contributed by atoms with Crippen molar-refractivity contribution in [3.05, 3.63) is 59.2 Å². The van der Waals surface area contributed by atoms with E-state index in [1.165, 1.54) is 0 Å². The van der Waals surface area contributed by atoms with Gasteiger partial charge in [-0.25, -0.2) is 0 Å². The predicted octanol–water partition coefficient (Wildman–Crippen LogP) is 3.98. The molecule has 9 nitrogen and oxygen atoms in total. The minimum absolute atomic E-state index is 0.0101. The smallest absolute Gasteiger partial charge is 0.306 e. The first-order valence-electron chi connectivity index (χ1n) is 13.8. The van der Waals surface area contributed by atoms with Crippen molar-refractivity contribution in [1.82, 2.24) is 10.6 Å². The maximum atomic E-state index is 12.7. The number of carboxylic acids is 1. The lowest BCUT2D eigenvalue weighted by molar-refractivity contribution is -0.143. The summed E-state index contributed by atoms with van der Waals surface area (Å²) in [6.07, 6.45) is 4.66. The minimum atomic E-state index is -0.736. The van der Waals surface area contributed by atoms with Crippen LogP contribution in [0.2, 0.25) is 0 Å². The van der Waals surface area contributed by atoms with E-state index in [2.05, 4.69) is 10.6 Å². The van der Waals surface area contributed by atoms with E-state index in [1.807, 2.05) is 13.0 Å². The molecular formula is C30H38N2O7. The zero-order chi connectivity index (χ0) is 27.6. The normalized spacial score (nSPS) is 19.6. The van der Waals surface area contributed by atoms with E-state index >= 15 is 0 Å². The Bertz CT molecular complexity index is 1120. The Kier molecular flexibility index (Phi) is 10.2. The fourth-order valence-corrected chi connectivity index (χ4v) is 4.96. The Morgan fingerprint density at radius 3 is 2.15 bits per heavy atom. The lowest BCUT2D eigenvalue weighted by Gasteiger charge is -2.27. The van der Waals surface area contributed by atoms with Crippen LogP contribution in [0.1, 0.15) is 64.8 Å². The molecule has 1 heterocycles. The van der Waals surface area contributed by atoms with Crippen LogP contribution in [-0.4, -0.2) is 61.9 Å². The Morgan fingerprint density at radius 1 is 0.872 bits per heavy atom. The summed E-state index contributed by atoms with van der Waals surface area (Å²) in [5, 5.41) is 14.8. The summed E-state index contributed by atoms with van der Waals surface area (Å²) >= 11 is 0. The van der Waals surface area contributed by atoms with Crippen LogP contribution >= 0.6 is 0 Å². The lowest BCUT2D eigenvalue weighted by Crippen LogP contribution is -2.35. The second kappa shape index (κ2) is 14.0. The Morgan fingerprint density at radius 2 is 1.51 bits per heavy atom. The summed E-state index contributed by atoms with van der Waals surface area (Å²) in [5.41, 5.74) is 1.86. The van der Waals surface area contributed by atoms with E-state index in [4.69, 9.17) is 19.3 Å². The fourth-order valence-electron chi connectivity index (χ4n) is 4.96. The maximum absolute atomic E-state index is 12.7. The summed E-state index contributed by atoms with van der Waals surface area (Å²) in [4.78, 5) is 36.2. The van der Waals surface area contributed by atoms with Gasteiger partial charge in [0.05, 0.1) is 18.6 Å². The molecule has 2 fully saturated rings. The number of nitrogens with one attached hydrogen (secondary N) is 2. The van der Waals surface area contributed by atoms with Gasteiger partial charge in [-0.05, 0) is 99.4 Å². The van der Waals surface area contributed by atoms with Crippen LogP contribution in [0.5, 0.6) is 11.5 Å². The van der Waals surface area contributed by atoms with E-state index in [9.17, 15) is 14.4 Å². The second-order valence-corrected chi connectivity index (χ2v) is 10.3. The van der Waals surface area contributed by atoms with Crippen LogP contribution in [-0.2, 0) is 9.53 Å². The van der Waals surface area contributed by atoms with Crippen LogP contribution in [0.15, 0.2) is 42.5 Å². The third-order valence-electron chi connectivity index (χ3n) is 7.41. The number of hydrogen-bond acceptors (Lipinski definition) is 6. The molecule has 39 heavy (non-hydrogen) atoms. The van der Waals surface area contributed by atoms with Gasteiger partial charge < -0.3 is 30.0 Å².